The smallest absolute Gasteiger partial charge is 0.355 e. The van der Waals surface area contributed by atoms with Crippen LogP contribution in [-0.2, 0) is 19.1 Å². The summed E-state index contributed by atoms with van der Waals surface area (Å²) >= 11 is 0. The van der Waals surface area contributed by atoms with Gasteiger partial charge in [0.2, 0.25) is 0 Å². The highest BCUT2D eigenvalue weighted by molar-refractivity contribution is 5.96. The Bertz CT molecular complexity index is 539. The number of esters is 2. The maximum absolute atomic E-state index is 12.0. The molecular formula is C14H19N3O5. The highest BCUT2D eigenvalue weighted by Gasteiger charge is 2.29. The second-order valence-electron chi connectivity index (χ2n) is 4.26. The van der Waals surface area contributed by atoms with Crippen molar-refractivity contribution in [1.29, 1.82) is 0 Å². The van der Waals surface area contributed by atoms with Crippen LogP contribution in [-0.4, -0.2) is 62.3 Å². The molecule has 1 unspecified atom stereocenters. The normalized spacial score (nSPS) is 17.0. The molecule has 1 aliphatic rings. The van der Waals surface area contributed by atoms with Crippen LogP contribution in [0.15, 0.2) is 36.2 Å². The van der Waals surface area contributed by atoms with E-state index in [1.807, 2.05) is 0 Å². The summed E-state index contributed by atoms with van der Waals surface area (Å²) in [6, 6.07) is -0.350. The largest absolute Gasteiger partial charge is 0.466 e. The first-order valence-corrected chi connectivity index (χ1v) is 6.42. The van der Waals surface area contributed by atoms with Gasteiger partial charge in [-0.3, -0.25) is 0 Å². The molecule has 0 saturated heterocycles. The van der Waals surface area contributed by atoms with E-state index in [-0.39, 0.29) is 11.7 Å². The van der Waals surface area contributed by atoms with Gasteiger partial charge in [-0.2, -0.15) is 0 Å². The fourth-order valence-corrected chi connectivity index (χ4v) is 1.84. The zero-order valence-electron chi connectivity index (χ0n) is 12.9. The minimum Gasteiger partial charge on any atom is -0.466 e. The van der Waals surface area contributed by atoms with Crippen LogP contribution in [0.4, 0.5) is 4.79 Å². The summed E-state index contributed by atoms with van der Waals surface area (Å²) in [4.78, 5) is 38.0. The maximum atomic E-state index is 12.0. The van der Waals surface area contributed by atoms with Crippen molar-refractivity contribution in [1.82, 2.24) is 15.1 Å². The molecule has 0 bridgehead atoms. The Morgan fingerprint density at radius 3 is 2.45 bits per heavy atom. The van der Waals surface area contributed by atoms with Crippen LogP contribution in [0.5, 0.6) is 0 Å². The molecule has 1 heterocycles. The molecule has 0 aromatic rings. The van der Waals surface area contributed by atoms with Crippen molar-refractivity contribution in [3.8, 4) is 0 Å². The van der Waals surface area contributed by atoms with Gasteiger partial charge in [-0.15, -0.1) is 0 Å². The average Bonchev–Trinajstić information content (AvgIpc) is 2.57. The summed E-state index contributed by atoms with van der Waals surface area (Å²) in [6.07, 6.45) is 7.08. The standard InChI is InChI=1S/C14H19N3O5/c1-15-14(20)16(2)11-7-5-6-8-17(11)10(13(19)22-4)9-12(18)21-3/h5-9,11H,1-4H3,(H,15,20)/b10-9+. The van der Waals surface area contributed by atoms with Crippen molar-refractivity contribution in [3.63, 3.8) is 0 Å². The lowest BCUT2D eigenvalue weighted by molar-refractivity contribution is -0.140. The van der Waals surface area contributed by atoms with Gasteiger partial charge in [0.05, 0.1) is 20.3 Å². The molecule has 0 saturated carbocycles. The number of carbonyl (C=O) groups excluding carboxylic acids is 3. The first-order chi connectivity index (χ1) is 10.5. The molecule has 0 aromatic heterocycles. The summed E-state index contributed by atoms with van der Waals surface area (Å²) in [7, 11) is 5.46. The van der Waals surface area contributed by atoms with Gasteiger partial charge >= 0.3 is 18.0 Å². The van der Waals surface area contributed by atoms with Crippen LogP contribution in [0.25, 0.3) is 0 Å². The highest BCUT2D eigenvalue weighted by Crippen LogP contribution is 2.19. The number of allylic oxidation sites excluding steroid dienone is 2. The van der Waals surface area contributed by atoms with Crippen LogP contribution >= 0.6 is 0 Å². The Kier molecular flexibility index (Phi) is 6.18. The topological polar surface area (TPSA) is 88.2 Å². The zero-order valence-corrected chi connectivity index (χ0v) is 12.9. The number of urea groups is 1. The monoisotopic (exact) mass is 309 g/mol. The first kappa shape index (κ1) is 17.3. The summed E-state index contributed by atoms with van der Waals surface area (Å²) in [6.45, 7) is 0. The Balaban J connectivity index is 3.20. The second-order valence-corrected chi connectivity index (χ2v) is 4.26. The molecule has 0 aromatic carbocycles. The number of ether oxygens (including phenoxy) is 2. The average molecular weight is 309 g/mol. The molecule has 22 heavy (non-hydrogen) atoms. The van der Waals surface area contributed by atoms with E-state index < -0.39 is 18.1 Å². The second kappa shape index (κ2) is 7.87. The molecule has 8 heteroatoms. The van der Waals surface area contributed by atoms with E-state index in [4.69, 9.17) is 4.74 Å². The van der Waals surface area contributed by atoms with Crippen molar-refractivity contribution in [2.24, 2.45) is 0 Å². The van der Waals surface area contributed by atoms with Crippen LogP contribution in [0, 0.1) is 0 Å². The van der Waals surface area contributed by atoms with Crippen molar-refractivity contribution < 1.29 is 23.9 Å². The number of nitrogens with zero attached hydrogens (tertiary/aromatic N) is 2. The minimum atomic E-state index is -0.722. The molecule has 1 aliphatic heterocycles. The highest BCUT2D eigenvalue weighted by atomic mass is 16.5. The molecule has 1 N–H and O–H groups in total. The molecule has 2 amide bonds. The summed E-state index contributed by atoms with van der Waals surface area (Å²) in [5.74, 6) is -1.43. The van der Waals surface area contributed by atoms with Gasteiger partial charge in [0.15, 0.2) is 0 Å². The summed E-state index contributed by atoms with van der Waals surface area (Å²) < 4.78 is 9.24. The molecule has 0 fully saturated rings. The van der Waals surface area contributed by atoms with E-state index in [9.17, 15) is 14.4 Å². The molecular weight excluding hydrogens is 290 g/mol. The number of methoxy groups -OCH3 is 2. The molecule has 0 aliphatic carbocycles. The van der Waals surface area contributed by atoms with Gasteiger partial charge < -0.3 is 24.6 Å². The van der Waals surface area contributed by atoms with Gasteiger partial charge in [-0.25, -0.2) is 14.4 Å². The Hall–Kier alpha value is -2.77. The molecule has 1 atom stereocenters. The maximum Gasteiger partial charge on any atom is 0.355 e. The summed E-state index contributed by atoms with van der Waals surface area (Å²) in [5.41, 5.74) is -0.0456. The summed E-state index contributed by atoms with van der Waals surface area (Å²) in [5, 5.41) is 2.49. The van der Waals surface area contributed by atoms with Crippen LogP contribution < -0.4 is 5.32 Å². The van der Waals surface area contributed by atoms with E-state index >= 15 is 0 Å². The number of likely N-dealkylation sites (N-methyl/N-ethyl adjacent to an activating group) is 1. The predicted octanol–water partition coefficient (Wildman–Crippen LogP) is 0.199. The third-order valence-corrected chi connectivity index (χ3v) is 2.99. The van der Waals surface area contributed by atoms with Crippen molar-refractivity contribution in [3.05, 3.63) is 36.2 Å². The van der Waals surface area contributed by atoms with E-state index in [0.29, 0.717) is 0 Å². The van der Waals surface area contributed by atoms with Crippen LogP contribution in [0.3, 0.4) is 0 Å². The molecule has 0 radical (unpaired) electrons. The number of carbonyl (C=O) groups is 3. The fourth-order valence-electron chi connectivity index (χ4n) is 1.84. The van der Waals surface area contributed by atoms with E-state index in [1.165, 1.54) is 31.1 Å². The van der Waals surface area contributed by atoms with E-state index in [2.05, 4.69) is 10.1 Å². The lowest BCUT2D eigenvalue weighted by Crippen LogP contribution is -2.50. The van der Waals surface area contributed by atoms with Crippen LogP contribution in [0.2, 0.25) is 0 Å². The third-order valence-electron chi connectivity index (χ3n) is 2.99. The van der Waals surface area contributed by atoms with E-state index in [1.54, 1.807) is 31.5 Å². The Labute approximate surface area is 128 Å². The predicted molar refractivity (Wildman–Crippen MR) is 78.2 cm³/mol. The molecule has 1 rings (SSSR count). The number of hydrogen-bond donors (Lipinski definition) is 1. The van der Waals surface area contributed by atoms with Gasteiger partial charge in [-0.1, -0.05) is 6.08 Å². The first-order valence-electron chi connectivity index (χ1n) is 6.42. The Morgan fingerprint density at radius 2 is 1.91 bits per heavy atom. The van der Waals surface area contributed by atoms with E-state index in [0.717, 1.165) is 6.08 Å². The minimum absolute atomic E-state index is 0.0456. The third kappa shape index (κ3) is 3.87. The number of nitrogens with one attached hydrogen (secondary N) is 1. The number of hydrogen-bond acceptors (Lipinski definition) is 6. The lowest BCUT2D eigenvalue weighted by atomic mass is 10.2. The lowest BCUT2D eigenvalue weighted by Gasteiger charge is -2.36. The molecule has 8 nitrogen and oxygen atoms in total. The fraction of sp³-hybridized carbons (Fsp3) is 0.357. The Morgan fingerprint density at radius 1 is 1.23 bits per heavy atom. The van der Waals surface area contributed by atoms with Gasteiger partial charge in [-0.05, 0) is 12.2 Å². The zero-order chi connectivity index (χ0) is 16.7. The quantitative estimate of drug-likeness (QED) is 0.589. The van der Waals surface area contributed by atoms with Crippen molar-refractivity contribution in [2.75, 3.05) is 28.3 Å². The van der Waals surface area contributed by atoms with Gasteiger partial charge in [0.1, 0.15) is 11.9 Å². The van der Waals surface area contributed by atoms with Crippen molar-refractivity contribution >= 4 is 18.0 Å². The van der Waals surface area contributed by atoms with Gasteiger partial charge in [0, 0.05) is 20.3 Å². The molecule has 120 valence electrons. The van der Waals surface area contributed by atoms with Crippen LogP contribution in [0.1, 0.15) is 0 Å². The number of amides is 2. The van der Waals surface area contributed by atoms with Crippen molar-refractivity contribution in [2.45, 2.75) is 6.17 Å². The van der Waals surface area contributed by atoms with Gasteiger partial charge in [0.25, 0.3) is 0 Å². The molecule has 0 spiro atoms. The number of rotatable bonds is 4. The SMILES string of the molecule is CNC(=O)N(C)C1C=CC=CN1/C(=C/C(=O)OC)C(=O)OC.